The van der Waals surface area contributed by atoms with Gasteiger partial charge in [-0.2, -0.15) is 0 Å². The molecule has 0 radical (unpaired) electrons. The molecule has 1 aliphatic heterocycles. The van der Waals surface area contributed by atoms with Crippen molar-refractivity contribution in [2.75, 3.05) is 4.90 Å². The van der Waals surface area contributed by atoms with E-state index in [1.165, 1.54) is 11.3 Å². The van der Waals surface area contributed by atoms with Crippen LogP contribution in [0.1, 0.15) is 26.7 Å². The molecule has 15 heavy (non-hydrogen) atoms. The van der Waals surface area contributed by atoms with Crippen LogP contribution in [0.2, 0.25) is 4.34 Å². The van der Waals surface area contributed by atoms with E-state index in [9.17, 15) is 4.79 Å². The quantitative estimate of drug-likeness (QED) is 0.778. The normalized spacial score (nSPS) is 21.7. The van der Waals surface area contributed by atoms with Crippen molar-refractivity contribution in [2.24, 2.45) is 5.92 Å². The lowest BCUT2D eigenvalue weighted by molar-refractivity contribution is -0.117. The maximum atomic E-state index is 11.8. The second-order valence-electron chi connectivity index (χ2n) is 4.19. The highest BCUT2D eigenvalue weighted by Crippen LogP contribution is 2.36. The van der Waals surface area contributed by atoms with Crippen LogP contribution in [0.25, 0.3) is 0 Å². The van der Waals surface area contributed by atoms with E-state index in [-0.39, 0.29) is 5.91 Å². The van der Waals surface area contributed by atoms with E-state index in [4.69, 9.17) is 11.6 Å². The van der Waals surface area contributed by atoms with Gasteiger partial charge in [0.05, 0.1) is 9.34 Å². The largest absolute Gasteiger partial charge is 0.300 e. The fourth-order valence-electron chi connectivity index (χ4n) is 2.06. The van der Waals surface area contributed by atoms with Crippen molar-refractivity contribution in [2.45, 2.75) is 32.7 Å². The summed E-state index contributed by atoms with van der Waals surface area (Å²) in [6.45, 7) is 4.32. The van der Waals surface area contributed by atoms with Crippen LogP contribution < -0.4 is 4.90 Å². The van der Waals surface area contributed by atoms with Crippen molar-refractivity contribution in [3.63, 3.8) is 0 Å². The Morgan fingerprint density at radius 2 is 2.27 bits per heavy atom. The Kier molecular flexibility index (Phi) is 3.03. The number of rotatable bonds is 2. The molecule has 1 aromatic rings. The standard InChI is InChI=1S/C11H14ClNOS/c1-7(2)8-3-5-10(14)13(8)11-6-4-9(12)15-11/h4,6-8H,3,5H2,1-2H3. The second kappa shape index (κ2) is 4.14. The molecule has 1 unspecified atom stereocenters. The Labute approximate surface area is 98.8 Å². The summed E-state index contributed by atoms with van der Waals surface area (Å²) < 4.78 is 0.743. The molecule has 0 spiro atoms. The maximum absolute atomic E-state index is 11.8. The number of hydrogen-bond acceptors (Lipinski definition) is 2. The van der Waals surface area contributed by atoms with E-state index in [1.54, 1.807) is 0 Å². The summed E-state index contributed by atoms with van der Waals surface area (Å²) in [6.07, 6.45) is 1.63. The molecule has 0 aliphatic carbocycles. The average molecular weight is 244 g/mol. The van der Waals surface area contributed by atoms with E-state index >= 15 is 0 Å². The maximum Gasteiger partial charge on any atom is 0.227 e. The minimum absolute atomic E-state index is 0.229. The Morgan fingerprint density at radius 3 is 2.80 bits per heavy atom. The van der Waals surface area contributed by atoms with Gasteiger partial charge in [-0.05, 0) is 24.5 Å². The smallest absolute Gasteiger partial charge is 0.227 e. The van der Waals surface area contributed by atoms with Crippen molar-refractivity contribution >= 4 is 33.8 Å². The minimum atomic E-state index is 0.229. The van der Waals surface area contributed by atoms with Gasteiger partial charge >= 0.3 is 0 Å². The number of nitrogens with zero attached hydrogens (tertiary/aromatic N) is 1. The molecule has 0 bridgehead atoms. The fraction of sp³-hybridized carbons (Fsp3) is 0.545. The van der Waals surface area contributed by atoms with Gasteiger partial charge in [-0.3, -0.25) is 4.79 Å². The lowest BCUT2D eigenvalue weighted by Gasteiger charge is -2.26. The SMILES string of the molecule is CC(C)C1CCC(=O)N1c1ccc(Cl)s1. The molecule has 1 amide bonds. The third kappa shape index (κ3) is 2.04. The predicted octanol–water partition coefficient (Wildman–Crippen LogP) is 3.55. The zero-order valence-electron chi connectivity index (χ0n) is 8.87. The molecule has 1 atom stereocenters. The van der Waals surface area contributed by atoms with Gasteiger partial charge in [-0.15, -0.1) is 11.3 Å². The van der Waals surface area contributed by atoms with Gasteiger partial charge in [0.2, 0.25) is 5.91 Å². The number of carbonyl (C=O) groups excluding carboxylic acids is 1. The molecule has 4 heteroatoms. The monoisotopic (exact) mass is 243 g/mol. The lowest BCUT2D eigenvalue weighted by Crippen LogP contribution is -2.35. The van der Waals surface area contributed by atoms with Gasteiger partial charge in [0.1, 0.15) is 0 Å². The van der Waals surface area contributed by atoms with Crippen LogP contribution in [0.3, 0.4) is 0 Å². The minimum Gasteiger partial charge on any atom is -0.300 e. The van der Waals surface area contributed by atoms with Gasteiger partial charge in [0.25, 0.3) is 0 Å². The summed E-state index contributed by atoms with van der Waals surface area (Å²) >= 11 is 7.37. The first kappa shape index (κ1) is 11.0. The van der Waals surface area contributed by atoms with Crippen molar-refractivity contribution < 1.29 is 4.79 Å². The van der Waals surface area contributed by atoms with Crippen LogP contribution in [-0.4, -0.2) is 11.9 Å². The second-order valence-corrected chi connectivity index (χ2v) is 5.89. The highest BCUT2D eigenvalue weighted by Gasteiger charge is 2.34. The zero-order chi connectivity index (χ0) is 11.0. The number of halogens is 1. The molecule has 2 rings (SSSR count). The van der Waals surface area contributed by atoms with E-state index in [1.807, 2.05) is 17.0 Å². The number of amides is 1. The number of anilines is 1. The van der Waals surface area contributed by atoms with Gasteiger partial charge < -0.3 is 4.90 Å². The van der Waals surface area contributed by atoms with Crippen LogP contribution in [-0.2, 0) is 4.79 Å². The highest BCUT2D eigenvalue weighted by molar-refractivity contribution is 7.20. The van der Waals surface area contributed by atoms with Crippen molar-refractivity contribution in [3.8, 4) is 0 Å². The van der Waals surface area contributed by atoms with E-state index in [0.29, 0.717) is 18.4 Å². The Morgan fingerprint density at radius 1 is 1.53 bits per heavy atom. The molecule has 1 saturated heterocycles. The summed E-state index contributed by atoms with van der Waals surface area (Å²) in [4.78, 5) is 13.7. The van der Waals surface area contributed by atoms with Crippen molar-refractivity contribution in [3.05, 3.63) is 16.5 Å². The van der Waals surface area contributed by atoms with Crippen LogP contribution in [0, 0.1) is 5.92 Å². The van der Waals surface area contributed by atoms with Crippen molar-refractivity contribution in [1.29, 1.82) is 0 Å². The van der Waals surface area contributed by atoms with E-state index in [2.05, 4.69) is 13.8 Å². The van der Waals surface area contributed by atoms with Gasteiger partial charge in [0, 0.05) is 12.5 Å². The Hall–Kier alpha value is -0.540. The first-order valence-electron chi connectivity index (χ1n) is 5.17. The fourth-order valence-corrected chi connectivity index (χ4v) is 3.17. The number of carbonyl (C=O) groups is 1. The first-order valence-corrected chi connectivity index (χ1v) is 6.36. The van der Waals surface area contributed by atoms with E-state index in [0.717, 1.165) is 15.8 Å². The molecule has 82 valence electrons. The highest BCUT2D eigenvalue weighted by atomic mass is 35.5. The molecule has 2 nitrogen and oxygen atoms in total. The zero-order valence-corrected chi connectivity index (χ0v) is 10.4. The van der Waals surface area contributed by atoms with Crippen LogP contribution >= 0.6 is 22.9 Å². The first-order chi connectivity index (χ1) is 7.09. The molecule has 1 fully saturated rings. The number of hydrogen-bond donors (Lipinski definition) is 0. The third-order valence-electron chi connectivity index (χ3n) is 2.82. The molecule has 0 saturated carbocycles. The third-order valence-corrected chi connectivity index (χ3v) is 4.05. The average Bonchev–Trinajstić information content (AvgIpc) is 2.71. The summed E-state index contributed by atoms with van der Waals surface area (Å²) in [5, 5.41) is 0.987. The molecule has 0 aromatic carbocycles. The lowest BCUT2D eigenvalue weighted by atomic mass is 10.0. The molecular weight excluding hydrogens is 230 g/mol. The molecule has 0 N–H and O–H groups in total. The van der Waals surface area contributed by atoms with Gasteiger partial charge in [-0.25, -0.2) is 0 Å². The molecule has 2 heterocycles. The Bertz CT molecular complexity index is 374. The van der Waals surface area contributed by atoms with Crippen molar-refractivity contribution in [1.82, 2.24) is 0 Å². The van der Waals surface area contributed by atoms with Crippen LogP contribution in [0.4, 0.5) is 5.00 Å². The van der Waals surface area contributed by atoms with E-state index < -0.39 is 0 Å². The van der Waals surface area contributed by atoms with Gasteiger partial charge in [-0.1, -0.05) is 25.4 Å². The predicted molar refractivity (Wildman–Crippen MR) is 64.7 cm³/mol. The molecular formula is C11H14ClNOS. The van der Waals surface area contributed by atoms with Crippen LogP contribution in [0.5, 0.6) is 0 Å². The van der Waals surface area contributed by atoms with Gasteiger partial charge in [0.15, 0.2) is 0 Å². The molecule has 1 aliphatic rings. The van der Waals surface area contributed by atoms with Crippen LogP contribution in [0.15, 0.2) is 12.1 Å². The summed E-state index contributed by atoms with van der Waals surface area (Å²) in [5.74, 6) is 0.726. The Balaban J connectivity index is 2.28. The summed E-state index contributed by atoms with van der Waals surface area (Å²) in [7, 11) is 0. The topological polar surface area (TPSA) is 20.3 Å². The summed E-state index contributed by atoms with van der Waals surface area (Å²) in [5.41, 5.74) is 0. The number of thiophene rings is 1. The summed E-state index contributed by atoms with van der Waals surface area (Å²) in [6, 6.07) is 4.13. The molecule has 1 aromatic heterocycles.